The van der Waals surface area contributed by atoms with Crippen molar-refractivity contribution in [1.82, 2.24) is 15.5 Å². The van der Waals surface area contributed by atoms with Crippen molar-refractivity contribution in [3.63, 3.8) is 0 Å². The first-order chi connectivity index (χ1) is 10.1. The van der Waals surface area contributed by atoms with Gasteiger partial charge in [-0.15, -0.1) is 5.10 Å². The van der Waals surface area contributed by atoms with Crippen molar-refractivity contribution in [2.75, 3.05) is 18.5 Å². The molecule has 0 radical (unpaired) electrons. The topological polar surface area (TPSA) is 54.2 Å². The molecule has 1 atom stereocenters. The minimum absolute atomic E-state index is 0.0555. The number of nitrogens with zero attached hydrogens (tertiary/aromatic N) is 3. The second-order valence-electron chi connectivity index (χ2n) is 5.05. The molecular formula is C15H21ClN4O. The zero-order valence-electron chi connectivity index (χ0n) is 12.6. The quantitative estimate of drug-likeness (QED) is 0.849. The van der Waals surface area contributed by atoms with Crippen LogP contribution in [0.2, 0.25) is 5.02 Å². The number of hydrogen-bond acceptors (Lipinski definition) is 5. The molecule has 0 fully saturated rings. The van der Waals surface area contributed by atoms with E-state index in [2.05, 4.69) is 22.4 Å². The summed E-state index contributed by atoms with van der Waals surface area (Å²) in [6.07, 6.45) is 1.07. The lowest BCUT2D eigenvalue weighted by molar-refractivity contribution is 0.416. The molecule has 0 saturated carbocycles. The summed E-state index contributed by atoms with van der Waals surface area (Å²) in [5.74, 6) is 0.601. The van der Waals surface area contributed by atoms with E-state index in [1.54, 1.807) is 0 Å². The minimum atomic E-state index is 0.0555. The van der Waals surface area contributed by atoms with Gasteiger partial charge in [0.1, 0.15) is 0 Å². The standard InChI is InChI=1S/C15H21ClN4O/c1-4-9-17-11(2)14-18-19-15(21-14)20(3)10-12-7-5-6-8-13(12)16/h5-8,11,17H,4,9-10H2,1-3H3. The fraction of sp³-hybridized carbons (Fsp3) is 0.467. The number of nitrogens with one attached hydrogen (secondary N) is 1. The van der Waals surface area contributed by atoms with Crippen LogP contribution in [0.3, 0.4) is 0 Å². The highest BCUT2D eigenvalue weighted by atomic mass is 35.5. The second-order valence-corrected chi connectivity index (χ2v) is 5.45. The van der Waals surface area contributed by atoms with Gasteiger partial charge in [-0.3, -0.25) is 0 Å². The van der Waals surface area contributed by atoms with Crippen LogP contribution in [-0.4, -0.2) is 23.8 Å². The number of halogens is 1. The first kappa shape index (κ1) is 15.8. The highest BCUT2D eigenvalue weighted by Crippen LogP contribution is 2.21. The van der Waals surface area contributed by atoms with Crippen molar-refractivity contribution in [3.8, 4) is 0 Å². The van der Waals surface area contributed by atoms with E-state index in [-0.39, 0.29) is 6.04 Å². The fourth-order valence-electron chi connectivity index (χ4n) is 1.95. The molecule has 2 aromatic rings. The molecule has 1 N–H and O–H groups in total. The lowest BCUT2D eigenvalue weighted by Gasteiger charge is -2.15. The van der Waals surface area contributed by atoms with Crippen molar-refractivity contribution in [2.45, 2.75) is 32.9 Å². The molecule has 1 unspecified atom stereocenters. The Morgan fingerprint density at radius 2 is 2.10 bits per heavy atom. The zero-order chi connectivity index (χ0) is 15.2. The molecule has 1 aromatic heterocycles. The van der Waals surface area contributed by atoms with Gasteiger partial charge in [0.2, 0.25) is 5.89 Å². The highest BCUT2D eigenvalue weighted by Gasteiger charge is 2.16. The van der Waals surface area contributed by atoms with Crippen LogP contribution in [0, 0.1) is 0 Å². The molecule has 0 amide bonds. The third-order valence-electron chi connectivity index (χ3n) is 3.19. The van der Waals surface area contributed by atoms with E-state index in [9.17, 15) is 0 Å². The smallest absolute Gasteiger partial charge is 0.318 e. The van der Waals surface area contributed by atoms with E-state index in [4.69, 9.17) is 16.0 Å². The van der Waals surface area contributed by atoms with Gasteiger partial charge in [0, 0.05) is 18.6 Å². The van der Waals surface area contributed by atoms with E-state index in [0.717, 1.165) is 23.6 Å². The summed E-state index contributed by atoms with van der Waals surface area (Å²) >= 11 is 6.17. The first-order valence-corrected chi connectivity index (χ1v) is 7.51. The summed E-state index contributed by atoms with van der Waals surface area (Å²) in [6.45, 7) is 5.68. The largest absolute Gasteiger partial charge is 0.406 e. The normalized spacial score (nSPS) is 12.4. The average Bonchev–Trinajstić information content (AvgIpc) is 2.97. The molecule has 0 aliphatic rings. The summed E-state index contributed by atoms with van der Waals surface area (Å²) in [4.78, 5) is 1.89. The lowest BCUT2D eigenvalue weighted by atomic mass is 10.2. The summed E-state index contributed by atoms with van der Waals surface area (Å²) < 4.78 is 5.71. The molecule has 2 rings (SSSR count). The number of aromatic nitrogens is 2. The van der Waals surface area contributed by atoms with E-state index in [1.807, 2.05) is 43.1 Å². The maximum absolute atomic E-state index is 6.17. The molecule has 1 heterocycles. The Balaban J connectivity index is 2.02. The predicted octanol–water partition coefficient (Wildman–Crippen LogP) is 3.42. The molecule has 114 valence electrons. The van der Waals surface area contributed by atoms with Gasteiger partial charge in [-0.1, -0.05) is 41.8 Å². The summed E-state index contributed by atoms with van der Waals surface area (Å²) in [5.41, 5.74) is 1.03. The lowest BCUT2D eigenvalue weighted by Crippen LogP contribution is -2.19. The third-order valence-corrected chi connectivity index (χ3v) is 3.56. The van der Waals surface area contributed by atoms with Crippen molar-refractivity contribution in [3.05, 3.63) is 40.7 Å². The van der Waals surface area contributed by atoms with Gasteiger partial charge in [-0.2, -0.15) is 0 Å². The second kappa shape index (κ2) is 7.43. The summed E-state index contributed by atoms with van der Waals surface area (Å²) in [6, 6.07) is 8.29. The first-order valence-electron chi connectivity index (χ1n) is 7.13. The van der Waals surface area contributed by atoms with Crippen LogP contribution in [0.25, 0.3) is 0 Å². The number of hydrogen-bond donors (Lipinski definition) is 1. The Morgan fingerprint density at radius 1 is 1.33 bits per heavy atom. The van der Waals surface area contributed by atoms with Gasteiger partial charge in [0.05, 0.1) is 6.04 Å². The Bertz CT molecular complexity index is 572. The maximum atomic E-state index is 6.17. The van der Waals surface area contributed by atoms with Crippen molar-refractivity contribution in [2.24, 2.45) is 0 Å². The Hall–Kier alpha value is -1.59. The van der Waals surface area contributed by atoms with Crippen LogP contribution in [0.1, 0.15) is 37.8 Å². The summed E-state index contributed by atoms with van der Waals surface area (Å²) in [5, 5.41) is 12.3. The Kier molecular flexibility index (Phi) is 5.59. The van der Waals surface area contributed by atoms with Crippen LogP contribution >= 0.6 is 11.6 Å². The van der Waals surface area contributed by atoms with Crippen molar-refractivity contribution in [1.29, 1.82) is 0 Å². The monoisotopic (exact) mass is 308 g/mol. The molecule has 0 saturated heterocycles. The molecule has 1 aromatic carbocycles. The molecule has 21 heavy (non-hydrogen) atoms. The molecule has 0 aliphatic carbocycles. The molecular weight excluding hydrogens is 288 g/mol. The SMILES string of the molecule is CCCNC(C)c1nnc(N(C)Cc2ccccc2Cl)o1. The maximum Gasteiger partial charge on any atom is 0.318 e. The zero-order valence-corrected chi connectivity index (χ0v) is 13.4. The van der Waals surface area contributed by atoms with Gasteiger partial charge >= 0.3 is 6.01 Å². The van der Waals surface area contributed by atoms with Gasteiger partial charge < -0.3 is 14.6 Å². The highest BCUT2D eigenvalue weighted by molar-refractivity contribution is 6.31. The molecule has 6 heteroatoms. The van der Waals surface area contributed by atoms with Crippen LogP contribution in [0.15, 0.2) is 28.7 Å². The Labute approximate surface area is 130 Å². The van der Waals surface area contributed by atoms with Crippen LogP contribution in [-0.2, 0) is 6.54 Å². The molecule has 0 aliphatic heterocycles. The van der Waals surface area contributed by atoms with E-state index in [0.29, 0.717) is 18.5 Å². The summed E-state index contributed by atoms with van der Waals surface area (Å²) in [7, 11) is 1.91. The van der Waals surface area contributed by atoms with Gasteiger partial charge in [0.15, 0.2) is 0 Å². The van der Waals surface area contributed by atoms with Gasteiger partial charge in [0.25, 0.3) is 0 Å². The number of benzene rings is 1. The molecule has 5 nitrogen and oxygen atoms in total. The third kappa shape index (κ3) is 4.19. The molecule has 0 spiro atoms. The average molecular weight is 309 g/mol. The van der Waals surface area contributed by atoms with E-state index in [1.165, 1.54) is 0 Å². The van der Waals surface area contributed by atoms with Crippen LogP contribution < -0.4 is 10.2 Å². The molecule has 0 bridgehead atoms. The number of rotatable bonds is 7. The number of anilines is 1. The predicted molar refractivity (Wildman–Crippen MR) is 84.6 cm³/mol. The Morgan fingerprint density at radius 3 is 2.81 bits per heavy atom. The minimum Gasteiger partial charge on any atom is -0.406 e. The van der Waals surface area contributed by atoms with Gasteiger partial charge in [-0.05, 0) is 31.5 Å². The fourth-order valence-corrected chi connectivity index (χ4v) is 2.15. The van der Waals surface area contributed by atoms with E-state index < -0.39 is 0 Å². The van der Waals surface area contributed by atoms with E-state index >= 15 is 0 Å². The van der Waals surface area contributed by atoms with Gasteiger partial charge in [-0.25, -0.2) is 0 Å². The van der Waals surface area contributed by atoms with Crippen LogP contribution in [0.4, 0.5) is 6.01 Å². The van der Waals surface area contributed by atoms with Crippen LogP contribution in [0.5, 0.6) is 0 Å². The van der Waals surface area contributed by atoms with Crippen molar-refractivity contribution >= 4 is 17.6 Å². The van der Waals surface area contributed by atoms with Crippen molar-refractivity contribution < 1.29 is 4.42 Å².